The maximum Gasteiger partial charge on any atom is 0.327 e. The zero-order valence-electron chi connectivity index (χ0n) is 14.7. The van der Waals surface area contributed by atoms with E-state index in [2.05, 4.69) is 30.3 Å². The van der Waals surface area contributed by atoms with Crippen LogP contribution in [0.2, 0.25) is 0 Å². The first-order chi connectivity index (χ1) is 13.1. The van der Waals surface area contributed by atoms with Crippen LogP contribution in [0.1, 0.15) is 41.5 Å². The molecule has 0 radical (unpaired) electrons. The molecule has 4 nitrogen and oxygen atoms in total. The Bertz CT molecular complexity index is 1120. The zero-order valence-corrected chi connectivity index (χ0v) is 15.5. The maximum absolute atomic E-state index is 12.8. The number of hydrogen-bond donors (Lipinski definition) is 1. The number of benzene rings is 2. The van der Waals surface area contributed by atoms with Crippen molar-refractivity contribution < 1.29 is 9.90 Å². The van der Waals surface area contributed by atoms with E-state index in [0.717, 1.165) is 23.4 Å². The van der Waals surface area contributed by atoms with Crippen molar-refractivity contribution >= 4 is 28.5 Å². The van der Waals surface area contributed by atoms with Crippen molar-refractivity contribution in [1.82, 2.24) is 4.57 Å². The zero-order chi connectivity index (χ0) is 18.5. The predicted octanol–water partition coefficient (Wildman–Crippen LogP) is 4.20. The van der Waals surface area contributed by atoms with Crippen molar-refractivity contribution in [2.75, 3.05) is 5.75 Å². The quantitative estimate of drug-likeness (QED) is 0.740. The summed E-state index contributed by atoms with van der Waals surface area (Å²) in [5.74, 6) is -0.0362. The van der Waals surface area contributed by atoms with Crippen LogP contribution < -0.4 is 5.56 Å². The molecule has 1 fully saturated rings. The highest BCUT2D eigenvalue weighted by Crippen LogP contribution is 2.48. The third kappa shape index (κ3) is 2.77. The molecule has 5 heteroatoms. The summed E-state index contributed by atoms with van der Waals surface area (Å²) in [6, 6.07) is 15.5. The Morgan fingerprint density at radius 2 is 1.89 bits per heavy atom. The lowest BCUT2D eigenvalue weighted by molar-refractivity contribution is -0.140. The van der Waals surface area contributed by atoms with Gasteiger partial charge in [-0.2, -0.15) is 0 Å². The second kappa shape index (κ2) is 6.27. The highest BCUT2D eigenvalue weighted by Gasteiger charge is 2.37. The monoisotopic (exact) mass is 377 g/mol. The van der Waals surface area contributed by atoms with E-state index in [-0.39, 0.29) is 5.56 Å². The molecule has 0 saturated heterocycles. The smallest absolute Gasteiger partial charge is 0.327 e. The van der Waals surface area contributed by atoms with Gasteiger partial charge in [0.2, 0.25) is 0 Å². The van der Waals surface area contributed by atoms with Crippen molar-refractivity contribution in [1.29, 1.82) is 0 Å². The Kier molecular flexibility index (Phi) is 3.86. The van der Waals surface area contributed by atoms with Crippen molar-refractivity contribution in [2.24, 2.45) is 0 Å². The molecule has 27 heavy (non-hydrogen) atoms. The minimum Gasteiger partial charge on any atom is -0.480 e. The number of hydrogen-bond acceptors (Lipinski definition) is 3. The van der Waals surface area contributed by atoms with E-state index in [1.54, 1.807) is 6.07 Å². The van der Waals surface area contributed by atoms with Crippen LogP contribution in [-0.4, -0.2) is 21.4 Å². The number of carboxylic acids is 1. The molecule has 0 spiro atoms. The van der Waals surface area contributed by atoms with E-state index < -0.39 is 12.0 Å². The van der Waals surface area contributed by atoms with Gasteiger partial charge in [0, 0.05) is 11.8 Å². The molecule has 0 amide bonds. The molecule has 136 valence electrons. The molecule has 0 bridgehead atoms. The number of nitrogens with zero attached hydrogens (tertiary/aromatic N) is 1. The van der Waals surface area contributed by atoms with Crippen LogP contribution in [0.5, 0.6) is 0 Å². The number of rotatable bonds is 4. The van der Waals surface area contributed by atoms with Crippen molar-refractivity contribution in [3.8, 4) is 0 Å². The SMILES string of the molecule is O=C(O)[C@@H]1CSc2c(C3CC3)c(Cc3cccc4ccccc34)cc(=O)n21. The number of fused-ring (bicyclic) bond motifs is 2. The number of pyridine rings is 1. The fraction of sp³-hybridized carbons (Fsp3) is 0.273. The average molecular weight is 377 g/mol. The van der Waals surface area contributed by atoms with E-state index >= 15 is 0 Å². The highest BCUT2D eigenvalue weighted by atomic mass is 32.2. The van der Waals surface area contributed by atoms with Crippen LogP contribution in [0, 0.1) is 0 Å². The Labute approximate surface area is 160 Å². The van der Waals surface area contributed by atoms with Gasteiger partial charge in [0.05, 0.1) is 5.03 Å². The van der Waals surface area contributed by atoms with Crippen LogP contribution in [-0.2, 0) is 11.2 Å². The van der Waals surface area contributed by atoms with Crippen LogP contribution >= 0.6 is 11.8 Å². The van der Waals surface area contributed by atoms with Gasteiger partial charge in [0.1, 0.15) is 6.04 Å². The Hall–Kier alpha value is -2.53. The first kappa shape index (κ1) is 16.6. The lowest BCUT2D eigenvalue weighted by Gasteiger charge is -2.17. The molecule has 2 aliphatic rings. The van der Waals surface area contributed by atoms with Gasteiger partial charge in [0.15, 0.2) is 0 Å². The summed E-state index contributed by atoms with van der Waals surface area (Å²) in [5.41, 5.74) is 3.28. The number of carboxylic acid groups (broad SMARTS) is 1. The minimum absolute atomic E-state index is 0.193. The van der Waals surface area contributed by atoms with Crippen molar-refractivity contribution in [3.63, 3.8) is 0 Å². The van der Waals surface area contributed by atoms with E-state index in [1.165, 1.54) is 38.2 Å². The number of thioether (sulfide) groups is 1. The number of carbonyl (C=O) groups is 1. The lowest BCUT2D eigenvalue weighted by Crippen LogP contribution is -2.29. The van der Waals surface area contributed by atoms with Gasteiger partial charge in [-0.3, -0.25) is 9.36 Å². The van der Waals surface area contributed by atoms with Gasteiger partial charge >= 0.3 is 5.97 Å². The molecule has 2 heterocycles. The van der Waals surface area contributed by atoms with Gasteiger partial charge in [-0.05, 0) is 52.6 Å². The van der Waals surface area contributed by atoms with Gasteiger partial charge < -0.3 is 5.11 Å². The first-order valence-corrected chi connectivity index (χ1v) is 10.2. The fourth-order valence-corrected chi connectivity index (χ4v) is 5.54. The molecular weight excluding hydrogens is 358 g/mol. The molecule has 3 aromatic rings. The van der Waals surface area contributed by atoms with Gasteiger partial charge in [-0.15, -0.1) is 11.8 Å². The predicted molar refractivity (Wildman–Crippen MR) is 107 cm³/mol. The van der Waals surface area contributed by atoms with Gasteiger partial charge in [-0.1, -0.05) is 42.5 Å². The summed E-state index contributed by atoms with van der Waals surface area (Å²) in [7, 11) is 0. The lowest BCUT2D eigenvalue weighted by atomic mass is 9.95. The molecular formula is C22H19NO3S. The molecule has 1 aliphatic heterocycles. The molecule has 1 N–H and O–H groups in total. The third-order valence-electron chi connectivity index (χ3n) is 5.55. The van der Waals surface area contributed by atoms with Crippen LogP contribution in [0.25, 0.3) is 10.8 Å². The molecule has 1 saturated carbocycles. The standard InChI is InChI=1S/C22H19NO3S/c24-19-11-16(10-15-6-3-5-13-4-1-2-7-17(13)15)20(14-8-9-14)21-23(19)18(12-27-21)22(25)26/h1-7,11,14,18H,8-10,12H2,(H,25,26)/t18-/m0/s1. The topological polar surface area (TPSA) is 59.3 Å². The molecule has 1 aromatic heterocycles. The van der Waals surface area contributed by atoms with E-state index in [4.69, 9.17) is 0 Å². The first-order valence-electron chi connectivity index (χ1n) is 9.24. The molecule has 0 unspecified atom stereocenters. The summed E-state index contributed by atoms with van der Waals surface area (Å²) >= 11 is 1.52. The molecule has 2 aromatic carbocycles. The van der Waals surface area contributed by atoms with E-state index in [1.807, 2.05) is 12.1 Å². The Balaban J connectivity index is 1.66. The summed E-state index contributed by atoms with van der Waals surface area (Å²) in [6.07, 6.45) is 2.94. The van der Waals surface area contributed by atoms with E-state index in [0.29, 0.717) is 18.1 Å². The number of aliphatic carboxylic acids is 1. The van der Waals surface area contributed by atoms with Crippen LogP contribution in [0.4, 0.5) is 0 Å². The molecule has 1 atom stereocenters. The van der Waals surface area contributed by atoms with Gasteiger partial charge in [0.25, 0.3) is 5.56 Å². The normalized spacial score (nSPS) is 18.6. The highest BCUT2D eigenvalue weighted by molar-refractivity contribution is 7.99. The van der Waals surface area contributed by atoms with Crippen LogP contribution in [0.15, 0.2) is 58.4 Å². The van der Waals surface area contributed by atoms with Crippen molar-refractivity contribution in [3.05, 3.63) is 75.6 Å². The van der Waals surface area contributed by atoms with Crippen molar-refractivity contribution in [2.45, 2.75) is 36.2 Å². The summed E-state index contributed by atoms with van der Waals surface area (Å²) in [6.45, 7) is 0. The second-order valence-corrected chi connectivity index (χ2v) is 8.36. The summed E-state index contributed by atoms with van der Waals surface area (Å²) < 4.78 is 1.51. The Morgan fingerprint density at radius 3 is 2.67 bits per heavy atom. The summed E-state index contributed by atoms with van der Waals surface area (Å²) in [4.78, 5) is 24.3. The average Bonchev–Trinajstić information content (AvgIpc) is 3.39. The molecule has 1 aliphatic carbocycles. The molecule has 5 rings (SSSR count). The van der Waals surface area contributed by atoms with Gasteiger partial charge in [-0.25, -0.2) is 4.79 Å². The van der Waals surface area contributed by atoms with Crippen LogP contribution in [0.3, 0.4) is 0 Å². The van der Waals surface area contributed by atoms with E-state index in [9.17, 15) is 14.7 Å². The largest absolute Gasteiger partial charge is 0.480 e. The number of aromatic nitrogens is 1. The second-order valence-electron chi connectivity index (χ2n) is 7.35. The third-order valence-corrected chi connectivity index (χ3v) is 6.72. The Morgan fingerprint density at radius 1 is 1.11 bits per heavy atom. The summed E-state index contributed by atoms with van der Waals surface area (Å²) in [5, 5.41) is 12.8. The fourth-order valence-electron chi connectivity index (χ4n) is 4.13. The maximum atomic E-state index is 12.8. The minimum atomic E-state index is -0.924.